The summed E-state index contributed by atoms with van der Waals surface area (Å²) in [6.45, 7) is -1.87. The zero-order chi connectivity index (χ0) is 22.4. The Morgan fingerprint density at radius 1 is 1.30 bits per heavy atom. The number of hydrogen-bond donors (Lipinski definition) is 1. The molecule has 0 spiro atoms. The summed E-state index contributed by atoms with van der Waals surface area (Å²) in [6, 6.07) is 2.82. The Morgan fingerprint density at radius 2 is 1.93 bits per heavy atom. The molecule has 1 aromatic carbocycles. The van der Waals surface area contributed by atoms with Crippen LogP contribution < -0.4 is 15.0 Å². The number of hydrogen-bond acceptors (Lipinski definition) is 4. The van der Waals surface area contributed by atoms with Crippen LogP contribution in [0.5, 0.6) is 5.75 Å². The van der Waals surface area contributed by atoms with Crippen LogP contribution in [0.4, 0.5) is 27.6 Å². The molecule has 0 bridgehead atoms. The van der Waals surface area contributed by atoms with E-state index in [1.807, 2.05) is 0 Å². The van der Waals surface area contributed by atoms with Gasteiger partial charge in [0.25, 0.3) is 5.56 Å². The summed E-state index contributed by atoms with van der Waals surface area (Å²) in [6.07, 6.45) is -1.09. The van der Waals surface area contributed by atoms with Crippen molar-refractivity contribution in [2.45, 2.75) is 32.3 Å². The van der Waals surface area contributed by atoms with Crippen LogP contribution in [-0.2, 0) is 17.1 Å². The second kappa shape index (κ2) is 7.60. The lowest BCUT2D eigenvalue weighted by Gasteiger charge is -2.34. The van der Waals surface area contributed by atoms with Crippen LogP contribution in [0.1, 0.15) is 18.5 Å². The molecule has 0 radical (unpaired) electrons. The van der Waals surface area contributed by atoms with Gasteiger partial charge in [-0.25, -0.2) is 26.3 Å². The van der Waals surface area contributed by atoms with Crippen LogP contribution in [0.15, 0.2) is 23.0 Å². The molecule has 0 saturated heterocycles. The average Bonchev–Trinajstić information content (AvgIpc) is 2.78. The van der Waals surface area contributed by atoms with Crippen molar-refractivity contribution in [1.82, 2.24) is 9.36 Å². The summed E-state index contributed by atoms with van der Waals surface area (Å²) in [5.74, 6) is -6.04. The number of nitrogens with zero attached hydrogens (tertiary/aromatic N) is 2. The predicted molar refractivity (Wildman–Crippen MR) is 97.4 cm³/mol. The Morgan fingerprint density at radius 3 is 2.50 bits per heavy atom. The normalized spacial score (nSPS) is 16.5. The first-order valence-electron chi connectivity index (χ1n) is 8.71. The molecule has 1 heterocycles. The lowest BCUT2D eigenvalue weighted by atomic mass is 9.83. The molecule has 0 unspecified atom stereocenters. The van der Waals surface area contributed by atoms with Crippen LogP contribution in [0.3, 0.4) is 0 Å². The molecule has 0 atom stereocenters. The average molecular weight is 455 g/mol. The molecule has 0 aliphatic heterocycles. The highest BCUT2D eigenvalue weighted by Crippen LogP contribution is 2.43. The van der Waals surface area contributed by atoms with E-state index in [9.17, 15) is 35.2 Å². The van der Waals surface area contributed by atoms with Gasteiger partial charge in [-0.2, -0.15) is 8.78 Å². The van der Waals surface area contributed by atoms with Crippen LogP contribution in [0.2, 0.25) is 0 Å². The van der Waals surface area contributed by atoms with E-state index < -0.39 is 64.2 Å². The van der Waals surface area contributed by atoms with Crippen molar-refractivity contribution in [3.05, 3.63) is 40.1 Å². The van der Waals surface area contributed by atoms with E-state index in [0.29, 0.717) is 0 Å². The number of anilines is 1. The van der Waals surface area contributed by atoms with Crippen LogP contribution >= 0.6 is 0 Å². The molecule has 1 aliphatic carbocycles. The maximum atomic E-state index is 13.7. The Balaban J connectivity index is 1.92. The minimum absolute atomic E-state index is 0.0493. The highest BCUT2D eigenvalue weighted by Gasteiger charge is 2.46. The molecule has 1 aliphatic rings. The smallest absolute Gasteiger partial charge is 0.387 e. The molecule has 1 saturated carbocycles. The molecule has 2 aromatic rings. The van der Waals surface area contributed by atoms with Gasteiger partial charge >= 0.3 is 6.61 Å². The van der Waals surface area contributed by atoms with Crippen molar-refractivity contribution in [2.75, 3.05) is 10.5 Å². The first-order valence-corrected chi connectivity index (χ1v) is 10.4. The van der Waals surface area contributed by atoms with E-state index in [1.165, 1.54) is 18.7 Å². The van der Waals surface area contributed by atoms with Crippen LogP contribution in [0.25, 0.3) is 5.69 Å². The van der Waals surface area contributed by atoms with E-state index in [4.69, 9.17) is 0 Å². The standard InChI is InChI=1S/C17H18F5N3O4S/c1-9-14(23-30(27,28)8-10-6-17(21,22)7-10)15(26)25(24(9)2)11-3-4-12(18)13(5-11)29-16(19)20/h3-5,10,16,23H,6-8H2,1-2H3. The molecule has 166 valence electrons. The van der Waals surface area contributed by atoms with Gasteiger partial charge in [-0.3, -0.25) is 14.2 Å². The number of aromatic nitrogens is 2. The summed E-state index contributed by atoms with van der Waals surface area (Å²) in [7, 11) is -2.70. The van der Waals surface area contributed by atoms with Crippen molar-refractivity contribution in [3.8, 4) is 11.4 Å². The zero-order valence-corrected chi connectivity index (χ0v) is 16.7. The molecule has 1 fully saturated rings. The number of rotatable bonds is 7. The van der Waals surface area contributed by atoms with Crippen molar-refractivity contribution >= 4 is 15.7 Å². The Labute approximate surface area is 168 Å². The van der Waals surface area contributed by atoms with E-state index in [2.05, 4.69) is 9.46 Å². The van der Waals surface area contributed by atoms with Crippen molar-refractivity contribution in [2.24, 2.45) is 13.0 Å². The summed E-state index contributed by atoms with van der Waals surface area (Å²) in [5, 5.41) is 0. The van der Waals surface area contributed by atoms with Crippen molar-refractivity contribution in [1.29, 1.82) is 0 Å². The molecule has 1 aromatic heterocycles. The fraction of sp³-hybridized carbons (Fsp3) is 0.471. The van der Waals surface area contributed by atoms with Crippen molar-refractivity contribution in [3.63, 3.8) is 0 Å². The SMILES string of the molecule is Cc1c(NS(=O)(=O)CC2CC(F)(F)C2)c(=O)n(-c2ccc(F)c(OC(F)F)c2)n1C. The topological polar surface area (TPSA) is 82.3 Å². The first kappa shape index (κ1) is 22.1. The molecule has 30 heavy (non-hydrogen) atoms. The number of nitrogens with one attached hydrogen (secondary N) is 1. The van der Waals surface area contributed by atoms with Crippen LogP contribution in [0, 0.1) is 18.7 Å². The molecular formula is C17H18F5N3O4S. The maximum Gasteiger partial charge on any atom is 0.387 e. The number of ether oxygens (including phenoxy) is 1. The molecule has 7 nitrogen and oxygen atoms in total. The largest absolute Gasteiger partial charge is 0.432 e. The summed E-state index contributed by atoms with van der Waals surface area (Å²) < 4.78 is 97.5. The molecule has 13 heteroatoms. The third-order valence-corrected chi connectivity index (χ3v) is 6.24. The minimum atomic E-state index is -4.10. The van der Waals surface area contributed by atoms with E-state index in [0.717, 1.165) is 22.9 Å². The van der Waals surface area contributed by atoms with Gasteiger partial charge in [-0.1, -0.05) is 0 Å². The number of sulfonamides is 1. The monoisotopic (exact) mass is 455 g/mol. The van der Waals surface area contributed by atoms with E-state index in [-0.39, 0.29) is 17.1 Å². The van der Waals surface area contributed by atoms with Gasteiger partial charge in [0.2, 0.25) is 15.9 Å². The number of alkyl halides is 4. The fourth-order valence-electron chi connectivity index (χ4n) is 3.34. The van der Waals surface area contributed by atoms with Gasteiger partial charge in [0.1, 0.15) is 5.69 Å². The van der Waals surface area contributed by atoms with Gasteiger partial charge in [0, 0.05) is 26.0 Å². The van der Waals surface area contributed by atoms with Crippen molar-refractivity contribution < 1.29 is 35.1 Å². The number of benzene rings is 1. The van der Waals surface area contributed by atoms with Crippen LogP contribution in [-0.4, -0.2) is 36.1 Å². The highest BCUT2D eigenvalue weighted by molar-refractivity contribution is 7.92. The maximum absolute atomic E-state index is 13.7. The Kier molecular flexibility index (Phi) is 5.60. The minimum Gasteiger partial charge on any atom is -0.432 e. The fourth-order valence-corrected chi connectivity index (χ4v) is 4.82. The first-order chi connectivity index (χ1) is 13.8. The predicted octanol–water partition coefficient (Wildman–Crippen LogP) is 3.01. The second-order valence-corrected chi connectivity index (χ2v) is 8.87. The highest BCUT2D eigenvalue weighted by atomic mass is 32.2. The lowest BCUT2D eigenvalue weighted by molar-refractivity contribution is -0.103. The molecular weight excluding hydrogens is 437 g/mol. The molecule has 3 rings (SSSR count). The van der Waals surface area contributed by atoms with Gasteiger partial charge in [0.15, 0.2) is 11.6 Å². The number of halogens is 5. The Bertz CT molecular complexity index is 1120. The lowest BCUT2D eigenvalue weighted by Crippen LogP contribution is -2.40. The van der Waals surface area contributed by atoms with Gasteiger partial charge in [-0.15, -0.1) is 0 Å². The Hall–Kier alpha value is -2.57. The third-order valence-electron chi connectivity index (χ3n) is 4.82. The van der Waals surface area contributed by atoms with E-state index in [1.54, 1.807) is 0 Å². The van der Waals surface area contributed by atoms with Gasteiger partial charge in [-0.05, 0) is 25.0 Å². The zero-order valence-electron chi connectivity index (χ0n) is 15.8. The third kappa shape index (κ3) is 4.45. The molecule has 1 N–H and O–H groups in total. The van der Waals surface area contributed by atoms with Gasteiger partial charge in [0.05, 0.1) is 17.1 Å². The van der Waals surface area contributed by atoms with Gasteiger partial charge < -0.3 is 4.74 Å². The summed E-state index contributed by atoms with van der Waals surface area (Å²) in [4.78, 5) is 12.8. The summed E-state index contributed by atoms with van der Waals surface area (Å²) >= 11 is 0. The summed E-state index contributed by atoms with van der Waals surface area (Å²) in [5.41, 5.74) is -1.06. The second-order valence-electron chi connectivity index (χ2n) is 7.11. The molecule has 0 amide bonds. The van der Waals surface area contributed by atoms with E-state index >= 15 is 0 Å². The quantitative estimate of drug-likeness (QED) is 0.651.